The van der Waals surface area contributed by atoms with Crippen molar-refractivity contribution in [3.05, 3.63) is 0 Å². The van der Waals surface area contributed by atoms with Crippen LogP contribution in [0.4, 0.5) is 0 Å². The maximum Gasteiger partial charge on any atom is 0.326 e. The molecule has 6 heteroatoms. The summed E-state index contributed by atoms with van der Waals surface area (Å²) in [5.41, 5.74) is -0.584. The first-order valence-corrected chi connectivity index (χ1v) is 7.38. The molecule has 0 aromatic heterocycles. The van der Waals surface area contributed by atoms with Gasteiger partial charge in [0.2, 0.25) is 12.0 Å². The molecular weight excluding hydrogens is 272 g/mol. The maximum atomic E-state index is 12.1. The Balaban J connectivity index is 2.73. The Morgan fingerprint density at radius 2 is 1.86 bits per heavy atom. The smallest absolute Gasteiger partial charge is 0.326 e. The third-order valence-corrected chi connectivity index (χ3v) is 3.33. The van der Waals surface area contributed by atoms with Gasteiger partial charge in [0.25, 0.3) is 0 Å². The van der Waals surface area contributed by atoms with E-state index in [0.29, 0.717) is 0 Å². The topological polar surface area (TPSA) is 76.0 Å². The molecule has 0 atom stereocenters. The first kappa shape index (κ1) is 17.4. The number of amides is 1. The lowest BCUT2D eigenvalue weighted by Crippen LogP contribution is -2.46. The molecule has 1 rings (SSSR count). The number of hydrogen-bond donors (Lipinski definition) is 0. The van der Waals surface area contributed by atoms with Gasteiger partial charge in [0.15, 0.2) is 0 Å². The summed E-state index contributed by atoms with van der Waals surface area (Å²) in [6.45, 7) is 5.01. The van der Waals surface area contributed by atoms with Crippen LogP contribution < -0.4 is 0 Å². The number of nitrogens with zero attached hydrogens (tertiary/aromatic N) is 2. The van der Waals surface area contributed by atoms with Gasteiger partial charge in [-0.1, -0.05) is 19.3 Å². The van der Waals surface area contributed by atoms with E-state index >= 15 is 0 Å². The van der Waals surface area contributed by atoms with Crippen LogP contribution in [0.5, 0.6) is 0 Å². The van der Waals surface area contributed by atoms with E-state index < -0.39 is 11.6 Å². The molecule has 1 aliphatic rings. The van der Waals surface area contributed by atoms with Crippen LogP contribution in [0, 0.1) is 0 Å². The van der Waals surface area contributed by atoms with Gasteiger partial charge in [-0.15, -0.1) is 0 Å². The fraction of sp³-hybridized carbons (Fsp3) is 0.800. The van der Waals surface area contributed by atoms with Crippen LogP contribution >= 0.6 is 0 Å². The number of aliphatic imine (C=N–C) groups is 1. The predicted octanol–water partition coefficient (Wildman–Crippen LogP) is 1.83. The number of carbonyl (C=O) groups is 2. The number of ether oxygens (including phenoxy) is 1. The quantitative estimate of drug-likeness (QED) is 0.440. The Labute approximate surface area is 125 Å². The van der Waals surface area contributed by atoms with Gasteiger partial charge in [-0.3, -0.25) is 9.59 Å². The fourth-order valence-corrected chi connectivity index (χ4v) is 2.52. The van der Waals surface area contributed by atoms with E-state index in [2.05, 4.69) is 4.99 Å². The summed E-state index contributed by atoms with van der Waals surface area (Å²) in [6, 6.07) is 0.0284. The summed E-state index contributed by atoms with van der Waals surface area (Å²) in [4.78, 5) is 39.1. The van der Waals surface area contributed by atoms with Crippen LogP contribution in [-0.4, -0.2) is 47.6 Å². The lowest BCUT2D eigenvalue weighted by molar-refractivity contribution is -0.160. The van der Waals surface area contributed by atoms with Gasteiger partial charge < -0.3 is 9.64 Å². The number of esters is 1. The summed E-state index contributed by atoms with van der Waals surface area (Å²) in [6.07, 6.45) is 6.34. The monoisotopic (exact) mass is 296 g/mol. The van der Waals surface area contributed by atoms with Crippen LogP contribution in [0.15, 0.2) is 4.99 Å². The number of rotatable bonds is 5. The third-order valence-electron chi connectivity index (χ3n) is 3.33. The van der Waals surface area contributed by atoms with Gasteiger partial charge >= 0.3 is 5.97 Å². The van der Waals surface area contributed by atoms with Crippen molar-refractivity contribution >= 4 is 18.0 Å². The van der Waals surface area contributed by atoms with Gasteiger partial charge in [0.05, 0.1) is 0 Å². The number of carbonyl (C=O) groups excluding carboxylic acids is 3. The molecule has 0 N–H and O–H groups in total. The highest BCUT2D eigenvalue weighted by atomic mass is 16.6. The summed E-state index contributed by atoms with van der Waals surface area (Å²) in [5.74, 6) is -0.757. The van der Waals surface area contributed by atoms with Gasteiger partial charge in [0.1, 0.15) is 18.7 Å². The number of hydrogen-bond acceptors (Lipinski definition) is 5. The van der Waals surface area contributed by atoms with Crippen molar-refractivity contribution in [2.45, 2.75) is 64.5 Å². The molecule has 0 spiro atoms. The standard InChI is InChI=1S/C15H24N2O4/c1-15(2,3)21-14(20)10-17(13(19)9-16-11-18)12-7-5-4-6-8-12/h12H,4-10H2,1-3H3. The fourth-order valence-electron chi connectivity index (χ4n) is 2.52. The Morgan fingerprint density at radius 3 is 2.38 bits per heavy atom. The minimum atomic E-state index is -0.584. The van der Waals surface area contributed by atoms with E-state index in [1.165, 1.54) is 11.0 Å². The van der Waals surface area contributed by atoms with Crippen molar-refractivity contribution < 1.29 is 19.1 Å². The summed E-state index contributed by atoms with van der Waals surface area (Å²) in [7, 11) is 0. The highest BCUT2D eigenvalue weighted by molar-refractivity contribution is 5.84. The minimum absolute atomic E-state index is 0.0284. The Kier molecular flexibility index (Phi) is 6.56. The third kappa shape index (κ3) is 6.54. The molecule has 0 aromatic rings. The van der Waals surface area contributed by atoms with Gasteiger partial charge in [-0.2, -0.15) is 4.99 Å². The molecule has 1 fully saturated rings. The first-order chi connectivity index (χ1) is 9.83. The van der Waals surface area contributed by atoms with Crippen molar-refractivity contribution in [1.82, 2.24) is 4.90 Å². The van der Waals surface area contributed by atoms with E-state index in [4.69, 9.17) is 4.74 Å². The molecule has 6 nitrogen and oxygen atoms in total. The minimum Gasteiger partial charge on any atom is -0.459 e. The van der Waals surface area contributed by atoms with Gasteiger partial charge in [-0.25, -0.2) is 4.79 Å². The first-order valence-electron chi connectivity index (χ1n) is 7.38. The second-order valence-electron chi connectivity index (χ2n) is 6.31. The molecule has 1 saturated carbocycles. The Hall–Kier alpha value is -1.68. The van der Waals surface area contributed by atoms with Crippen molar-refractivity contribution in [2.24, 2.45) is 4.99 Å². The SMILES string of the molecule is CC(C)(C)OC(=O)CN(C(=O)CN=C=O)C1CCCCC1. The van der Waals surface area contributed by atoms with E-state index in [0.717, 1.165) is 32.1 Å². The second-order valence-corrected chi connectivity index (χ2v) is 6.31. The highest BCUT2D eigenvalue weighted by Gasteiger charge is 2.28. The molecule has 0 unspecified atom stereocenters. The van der Waals surface area contributed by atoms with Crippen LogP contribution in [0.2, 0.25) is 0 Å². The molecule has 0 saturated heterocycles. The van der Waals surface area contributed by atoms with Gasteiger partial charge in [-0.05, 0) is 33.6 Å². The van der Waals surface area contributed by atoms with Crippen LogP contribution in [0.3, 0.4) is 0 Å². The average Bonchev–Trinajstić information content (AvgIpc) is 2.41. The molecule has 118 valence electrons. The van der Waals surface area contributed by atoms with Crippen LogP contribution in [0.1, 0.15) is 52.9 Å². The number of isocyanates is 1. The Bertz CT molecular complexity index is 416. The van der Waals surface area contributed by atoms with E-state index in [1.807, 2.05) is 0 Å². The molecule has 0 bridgehead atoms. The molecule has 0 aliphatic heterocycles. The molecule has 21 heavy (non-hydrogen) atoms. The zero-order chi connectivity index (χ0) is 15.9. The van der Waals surface area contributed by atoms with E-state index in [1.54, 1.807) is 20.8 Å². The zero-order valence-corrected chi connectivity index (χ0v) is 13.1. The summed E-state index contributed by atoms with van der Waals surface area (Å²) >= 11 is 0. The molecule has 1 amide bonds. The average molecular weight is 296 g/mol. The summed E-state index contributed by atoms with van der Waals surface area (Å²) in [5, 5.41) is 0. The maximum absolute atomic E-state index is 12.1. The lowest BCUT2D eigenvalue weighted by atomic mass is 9.94. The van der Waals surface area contributed by atoms with Crippen molar-refractivity contribution in [2.75, 3.05) is 13.1 Å². The van der Waals surface area contributed by atoms with Crippen molar-refractivity contribution in [3.8, 4) is 0 Å². The molecule has 0 aromatic carbocycles. The molecule has 0 radical (unpaired) electrons. The zero-order valence-electron chi connectivity index (χ0n) is 13.1. The predicted molar refractivity (Wildman–Crippen MR) is 77.4 cm³/mol. The largest absolute Gasteiger partial charge is 0.459 e. The van der Waals surface area contributed by atoms with Crippen molar-refractivity contribution in [3.63, 3.8) is 0 Å². The van der Waals surface area contributed by atoms with Crippen molar-refractivity contribution in [1.29, 1.82) is 0 Å². The van der Waals surface area contributed by atoms with E-state index in [9.17, 15) is 14.4 Å². The molecule has 0 heterocycles. The van der Waals surface area contributed by atoms with Crippen LogP contribution in [-0.2, 0) is 19.1 Å². The Morgan fingerprint density at radius 1 is 1.24 bits per heavy atom. The lowest BCUT2D eigenvalue weighted by Gasteiger charge is -2.34. The normalized spacial score (nSPS) is 16.0. The van der Waals surface area contributed by atoms with Gasteiger partial charge in [0, 0.05) is 6.04 Å². The molecule has 1 aliphatic carbocycles. The molecular formula is C15H24N2O4. The second kappa shape index (κ2) is 7.93. The van der Waals surface area contributed by atoms with Crippen LogP contribution in [0.25, 0.3) is 0 Å². The highest BCUT2D eigenvalue weighted by Crippen LogP contribution is 2.23. The summed E-state index contributed by atoms with van der Waals surface area (Å²) < 4.78 is 5.27. The van der Waals surface area contributed by atoms with E-state index in [-0.39, 0.29) is 25.0 Å².